The minimum atomic E-state index is 0.636. The molecule has 0 aromatic carbocycles. The summed E-state index contributed by atoms with van der Waals surface area (Å²) in [4.78, 5) is 4.16. The first-order valence-corrected chi connectivity index (χ1v) is 5.68. The molecule has 0 spiro atoms. The van der Waals surface area contributed by atoms with E-state index in [9.17, 15) is 0 Å². The molecule has 2 nitrogen and oxygen atoms in total. The Morgan fingerprint density at radius 2 is 2.40 bits per heavy atom. The first-order chi connectivity index (χ1) is 7.34. The lowest BCUT2D eigenvalue weighted by atomic mass is 9.71. The van der Waals surface area contributed by atoms with Crippen LogP contribution < -0.4 is 5.32 Å². The van der Waals surface area contributed by atoms with Crippen LogP contribution in [-0.2, 0) is 0 Å². The second kappa shape index (κ2) is 3.37. The number of nitrogens with one attached hydrogen (secondary N) is 1. The molecule has 0 aliphatic heterocycles. The van der Waals surface area contributed by atoms with Crippen LogP contribution in [0.25, 0.3) is 0 Å². The molecule has 1 aromatic rings. The van der Waals surface area contributed by atoms with E-state index in [4.69, 9.17) is 0 Å². The third kappa shape index (κ3) is 1.44. The summed E-state index contributed by atoms with van der Waals surface area (Å²) in [5.41, 5.74) is 2.48. The van der Waals surface area contributed by atoms with Gasteiger partial charge in [-0.15, -0.1) is 0 Å². The molecule has 2 heteroatoms. The van der Waals surface area contributed by atoms with Crippen LogP contribution in [0.3, 0.4) is 0 Å². The van der Waals surface area contributed by atoms with Crippen LogP contribution in [0, 0.1) is 18.8 Å². The van der Waals surface area contributed by atoms with Crippen molar-refractivity contribution in [2.24, 2.45) is 11.8 Å². The van der Waals surface area contributed by atoms with Crippen molar-refractivity contribution in [2.45, 2.75) is 25.8 Å². The van der Waals surface area contributed by atoms with Gasteiger partial charge in [0.25, 0.3) is 0 Å². The van der Waals surface area contributed by atoms with Crippen molar-refractivity contribution in [3.8, 4) is 0 Å². The summed E-state index contributed by atoms with van der Waals surface area (Å²) >= 11 is 0. The largest absolute Gasteiger partial charge is 0.380 e. The molecule has 2 aliphatic carbocycles. The predicted octanol–water partition coefficient (Wildman–Crippen LogP) is 2.77. The van der Waals surface area contributed by atoms with Gasteiger partial charge < -0.3 is 5.32 Å². The minimum Gasteiger partial charge on any atom is -0.380 e. The normalized spacial score (nSPS) is 32.2. The standard InChI is InChI=1S/C13H16N2/c1-9-5-6-14-8-13(9)15-12-7-10-3-2-4-11(10)12/h2,4-6,8,10-12,15H,3,7H2,1H3. The summed E-state index contributed by atoms with van der Waals surface area (Å²) in [6, 6.07) is 2.69. The average molecular weight is 200 g/mol. The molecule has 1 heterocycles. The van der Waals surface area contributed by atoms with Gasteiger partial charge in [0.15, 0.2) is 0 Å². The molecule has 1 N–H and O–H groups in total. The Morgan fingerprint density at radius 1 is 1.47 bits per heavy atom. The van der Waals surface area contributed by atoms with E-state index in [1.165, 1.54) is 24.1 Å². The highest BCUT2D eigenvalue weighted by Gasteiger charge is 2.40. The van der Waals surface area contributed by atoms with Crippen molar-refractivity contribution >= 4 is 5.69 Å². The van der Waals surface area contributed by atoms with Gasteiger partial charge in [-0.1, -0.05) is 12.2 Å². The minimum absolute atomic E-state index is 0.636. The maximum absolute atomic E-state index is 4.16. The number of fused-ring (bicyclic) bond motifs is 1. The van der Waals surface area contributed by atoms with Crippen molar-refractivity contribution in [1.29, 1.82) is 0 Å². The van der Waals surface area contributed by atoms with E-state index in [2.05, 4.69) is 35.4 Å². The molecular weight excluding hydrogens is 184 g/mol. The molecule has 0 bridgehead atoms. The fourth-order valence-electron chi connectivity index (χ4n) is 2.70. The summed E-state index contributed by atoms with van der Waals surface area (Å²) in [5, 5.41) is 3.60. The van der Waals surface area contributed by atoms with Gasteiger partial charge in [-0.3, -0.25) is 4.98 Å². The second-order valence-electron chi connectivity index (χ2n) is 4.68. The molecule has 78 valence electrons. The van der Waals surface area contributed by atoms with Crippen molar-refractivity contribution in [3.63, 3.8) is 0 Å². The third-order valence-corrected chi connectivity index (χ3v) is 3.74. The first kappa shape index (κ1) is 8.96. The highest BCUT2D eigenvalue weighted by Crippen LogP contribution is 2.44. The summed E-state index contributed by atoms with van der Waals surface area (Å²) < 4.78 is 0. The highest BCUT2D eigenvalue weighted by molar-refractivity contribution is 5.49. The number of hydrogen-bond acceptors (Lipinski definition) is 2. The van der Waals surface area contributed by atoms with E-state index in [0.29, 0.717) is 6.04 Å². The summed E-state index contributed by atoms with van der Waals surface area (Å²) in [6.45, 7) is 2.13. The number of pyridine rings is 1. The van der Waals surface area contributed by atoms with Gasteiger partial charge in [0.2, 0.25) is 0 Å². The Kier molecular flexibility index (Phi) is 2.01. The molecule has 3 atom stereocenters. The summed E-state index contributed by atoms with van der Waals surface area (Å²) in [7, 11) is 0. The lowest BCUT2D eigenvalue weighted by Gasteiger charge is -2.41. The Bertz CT molecular complexity index is 397. The van der Waals surface area contributed by atoms with Crippen molar-refractivity contribution in [1.82, 2.24) is 4.98 Å². The molecule has 0 saturated heterocycles. The van der Waals surface area contributed by atoms with Crippen LogP contribution in [0.2, 0.25) is 0 Å². The van der Waals surface area contributed by atoms with Gasteiger partial charge in [-0.2, -0.15) is 0 Å². The third-order valence-electron chi connectivity index (χ3n) is 3.74. The van der Waals surface area contributed by atoms with Gasteiger partial charge in [0.05, 0.1) is 11.9 Å². The Labute approximate surface area is 90.4 Å². The van der Waals surface area contributed by atoms with Gasteiger partial charge in [0.1, 0.15) is 0 Å². The smallest absolute Gasteiger partial charge is 0.0558 e. The zero-order chi connectivity index (χ0) is 10.3. The van der Waals surface area contributed by atoms with Gasteiger partial charge in [-0.05, 0) is 37.3 Å². The molecule has 1 saturated carbocycles. The Morgan fingerprint density at radius 3 is 3.20 bits per heavy atom. The second-order valence-corrected chi connectivity index (χ2v) is 4.68. The molecule has 0 radical (unpaired) electrons. The Balaban J connectivity index is 1.72. The van der Waals surface area contributed by atoms with Gasteiger partial charge >= 0.3 is 0 Å². The van der Waals surface area contributed by atoms with E-state index < -0.39 is 0 Å². The predicted molar refractivity (Wildman–Crippen MR) is 61.7 cm³/mol. The van der Waals surface area contributed by atoms with Crippen LogP contribution in [0.15, 0.2) is 30.6 Å². The van der Waals surface area contributed by atoms with Crippen LogP contribution in [0.4, 0.5) is 5.69 Å². The van der Waals surface area contributed by atoms with Crippen molar-refractivity contribution in [2.75, 3.05) is 5.32 Å². The molecule has 1 aromatic heterocycles. The number of aryl methyl sites for hydroxylation is 1. The molecule has 0 amide bonds. The zero-order valence-electron chi connectivity index (χ0n) is 8.98. The fourth-order valence-corrected chi connectivity index (χ4v) is 2.70. The monoisotopic (exact) mass is 200 g/mol. The summed E-state index contributed by atoms with van der Waals surface area (Å²) in [5.74, 6) is 1.68. The molecular formula is C13H16N2. The van der Waals surface area contributed by atoms with E-state index >= 15 is 0 Å². The van der Waals surface area contributed by atoms with Crippen LogP contribution >= 0.6 is 0 Å². The number of allylic oxidation sites excluding steroid dienone is 1. The van der Waals surface area contributed by atoms with Gasteiger partial charge in [0, 0.05) is 18.2 Å². The lowest BCUT2D eigenvalue weighted by Crippen LogP contribution is -2.43. The van der Waals surface area contributed by atoms with E-state index in [1.807, 2.05) is 12.4 Å². The highest BCUT2D eigenvalue weighted by atomic mass is 15.0. The summed E-state index contributed by atoms with van der Waals surface area (Å²) in [6.07, 6.45) is 11.1. The SMILES string of the molecule is Cc1ccncc1NC1CC2CC=CC21. The number of anilines is 1. The first-order valence-electron chi connectivity index (χ1n) is 5.68. The number of nitrogens with zero attached hydrogens (tertiary/aromatic N) is 1. The van der Waals surface area contributed by atoms with Crippen LogP contribution in [0.5, 0.6) is 0 Å². The number of hydrogen-bond donors (Lipinski definition) is 1. The lowest BCUT2D eigenvalue weighted by molar-refractivity contribution is 0.218. The van der Waals surface area contributed by atoms with E-state index in [-0.39, 0.29) is 0 Å². The maximum atomic E-state index is 4.16. The topological polar surface area (TPSA) is 24.9 Å². The Hall–Kier alpha value is -1.31. The van der Waals surface area contributed by atoms with Gasteiger partial charge in [-0.25, -0.2) is 0 Å². The van der Waals surface area contributed by atoms with E-state index in [1.54, 1.807) is 0 Å². The van der Waals surface area contributed by atoms with Crippen LogP contribution in [0.1, 0.15) is 18.4 Å². The zero-order valence-corrected chi connectivity index (χ0v) is 8.98. The van der Waals surface area contributed by atoms with Crippen molar-refractivity contribution in [3.05, 3.63) is 36.2 Å². The fraction of sp³-hybridized carbons (Fsp3) is 0.462. The van der Waals surface area contributed by atoms with Crippen molar-refractivity contribution < 1.29 is 0 Å². The molecule has 3 rings (SSSR count). The molecule has 1 fully saturated rings. The van der Waals surface area contributed by atoms with E-state index in [0.717, 1.165) is 11.8 Å². The quantitative estimate of drug-likeness (QED) is 0.742. The molecule has 15 heavy (non-hydrogen) atoms. The number of aromatic nitrogens is 1. The average Bonchev–Trinajstić information content (AvgIpc) is 2.59. The number of rotatable bonds is 2. The van der Waals surface area contributed by atoms with Crippen LogP contribution in [-0.4, -0.2) is 11.0 Å². The molecule has 3 unspecified atom stereocenters. The molecule has 2 aliphatic rings. The maximum Gasteiger partial charge on any atom is 0.0558 e.